The van der Waals surface area contributed by atoms with E-state index in [4.69, 9.17) is 5.84 Å². The maximum Gasteiger partial charge on any atom is 0.0417 e. The van der Waals surface area contributed by atoms with E-state index in [1.807, 2.05) is 0 Å². The van der Waals surface area contributed by atoms with Crippen molar-refractivity contribution in [2.24, 2.45) is 11.8 Å². The summed E-state index contributed by atoms with van der Waals surface area (Å²) in [5.74, 6) is 6.64. The van der Waals surface area contributed by atoms with Crippen LogP contribution < -0.4 is 11.3 Å². The smallest absolute Gasteiger partial charge is 0.0417 e. The minimum Gasteiger partial charge on any atom is -0.297 e. The molecule has 0 radical (unpaired) electrons. The minimum absolute atomic E-state index is 0.132. The van der Waals surface area contributed by atoms with Crippen molar-refractivity contribution in [1.82, 2.24) is 10.3 Å². The summed E-state index contributed by atoms with van der Waals surface area (Å²) < 4.78 is 0. The number of likely N-dealkylation sites (N-methyl/N-ethyl adjacent to an activating group) is 1. The third-order valence-electron chi connectivity index (χ3n) is 4.89. The van der Waals surface area contributed by atoms with Crippen LogP contribution in [0.25, 0.3) is 0 Å². The molecule has 18 heavy (non-hydrogen) atoms. The molecule has 3 heteroatoms. The van der Waals surface area contributed by atoms with Gasteiger partial charge in [-0.2, -0.15) is 0 Å². The Bertz CT molecular complexity index is 216. The van der Waals surface area contributed by atoms with Gasteiger partial charge in [0.05, 0.1) is 0 Å². The van der Waals surface area contributed by atoms with E-state index >= 15 is 0 Å². The Morgan fingerprint density at radius 1 is 1.11 bits per heavy atom. The molecule has 0 saturated heterocycles. The first-order chi connectivity index (χ1) is 8.57. The van der Waals surface area contributed by atoms with Crippen LogP contribution in [0.2, 0.25) is 0 Å². The van der Waals surface area contributed by atoms with Crippen LogP contribution in [0.5, 0.6) is 0 Å². The Labute approximate surface area is 113 Å². The van der Waals surface area contributed by atoms with Gasteiger partial charge in [0.25, 0.3) is 0 Å². The zero-order valence-corrected chi connectivity index (χ0v) is 12.8. The van der Waals surface area contributed by atoms with Gasteiger partial charge >= 0.3 is 0 Å². The van der Waals surface area contributed by atoms with Gasteiger partial charge < -0.3 is 0 Å². The predicted octanol–water partition coefficient (Wildman–Crippen LogP) is 2.91. The lowest BCUT2D eigenvalue weighted by molar-refractivity contribution is 0.0604. The summed E-state index contributed by atoms with van der Waals surface area (Å²) in [6.07, 6.45) is 8.21. The van der Waals surface area contributed by atoms with Crippen LogP contribution in [0.3, 0.4) is 0 Å². The maximum absolute atomic E-state index is 5.91. The molecule has 3 nitrogen and oxygen atoms in total. The number of nitrogens with two attached hydrogens (primary N) is 1. The van der Waals surface area contributed by atoms with Gasteiger partial charge in [0.2, 0.25) is 0 Å². The van der Waals surface area contributed by atoms with Crippen molar-refractivity contribution in [2.45, 2.75) is 77.8 Å². The molecule has 1 fully saturated rings. The molecule has 0 spiro atoms. The number of hydrogen-bond donors (Lipinski definition) is 2. The summed E-state index contributed by atoms with van der Waals surface area (Å²) in [6.45, 7) is 11.4. The molecule has 0 aromatic heterocycles. The largest absolute Gasteiger partial charge is 0.297 e. The first-order valence-electron chi connectivity index (χ1n) is 7.79. The third kappa shape index (κ3) is 3.69. The molecule has 1 aliphatic rings. The maximum atomic E-state index is 5.91. The number of hydrogen-bond acceptors (Lipinski definition) is 3. The third-order valence-corrected chi connectivity index (χ3v) is 4.89. The SMILES string of the molecule is CCN(CC)C(C)(C)C(NN)C1CCCCCC1. The standard InChI is InChI=1S/C15H33N3/c1-5-18(6-2)15(3,4)14(17-16)13-11-9-7-8-10-12-13/h13-14,17H,5-12,16H2,1-4H3. The number of nitrogens with one attached hydrogen (secondary N) is 1. The van der Waals surface area contributed by atoms with Crippen LogP contribution in [-0.4, -0.2) is 29.6 Å². The zero-order valence-electron chi connectivity index (χ0n) is 12.8. The van der Waals surface area contributed by atoms with Crippen LogP contribution in [0.4, 0.5) is 0 Å². The van der Waals surface area contributed by atoms with Gasteiger partial charge in [-0.05, 0) is 45.7 Å². The van der Waals surface area contributed by atoms with Crippen LogP contribution in [0.1, 0.15) is 66.2 Å². The Hall–Kier alpha value is -0.120. The molecule has 3 N–H and O–H groups in total. The van der Waals surface area contributed by atoms with Gasteiger partial charge in [0.15, 0.2) is 0 Å². The Kier molecular flexibility index (Phi) is 6.61. The fourth-order valence-corrected chi connectivity index (χ4v) is 3.80. The molecule has 0 aromatic carbocycles. The first-order valence-corrected chi connectivity index (χ1v) is 7.79. The molecule has 1 unspecified atom stereocenters. The van der Waals surface area contributed by atoms with Crippen LogP contribution in [-0.2, 0) is 0 Å². The highest BCUT2D eigenvalue weighted by Gasteiger charge is 2.38. The van der Waals surface area contributed by atoms with Gasteiger partial charge in [-0.15, -0.1) is 0 Å². The summed E-state index contributed by atoms with van der Waals surface area (Å²) in [4.78, 5) is 2.53. The summed E-state index contributed by atoms with van der Waals surface area (Å²) >= 11 is 0. The molecule has 108 valence electrons. The van der Waals surface area contributed by atoms with Crippen LogP contribution in [0, 0.1) is 5.92 Å². The molecule has 0 bridgehead atoms. The Balaban J connectivity index is 2.78. The summed E-state index contributed by atoms with van der Waals surface area (Å²) in [7, 11) is 0. The van der Waals surface area contributed by atoms with Crippen LogP contribution in [0.15, 0.2) is 0 Å². The van der Waals surface area contributed by atoms with E-state index in [1.54, 1.807) is 0 Å². The predicted molar refractivity (Wildman–Crippen MR) is 79.3 cm³/mol. The van der Waals surface area contributed by atoms with Gasteiger partial charge in [0.1, 0.15) is 0 Å². The van der Waals surface area contributed by atoms with Crippen molar-refractivity contribution >= 4 is 0 Å². The quantitative estimate of drug-likeness (QED) is 0.435. The van der Waals surface area contributed by atoms with Crippen molar-refractivity contribution in [1.29, 1.82) is 0 Å². The van der Waals surface area contributed by atoms with Crippen molar-refractivity contribution in [3.8, 4) is 0 Å². The average Bonchev–Trinajstić information content (AvgIpc) is 2.60. The summed E-state index contributed by atoms with van der Waals surface area (Å²) in [6, 6.07) is 0.399. The van der Waals surface area contributed by atoms with Crippen molar-refractivity contribution in [3.63, 3.8) is 0 Å². The van der Waals surface area contributed by atoms with Gasteiger partial charge in [-0.25, -0.2) is 0 Å². The molecule has 0 aromatic rings. The lowest BCUT2D eigenvalue weighted by Crippen LogP contribution is -2.62. The van der Waals surface area contributed by atoms with Gasteiger partial charge in [-0.1, -0.05) is 39.5 Å². The molecule has 0 aliphatic heterocycles. The van der Waals surface area contributed by atoms with Gasteiger partial charge in [-0.3, -0.25) is 16.2 Å². The second-order valence-corrected chi connectivity index (χ2v) is 6.22. The van der Waals surface area contributed by atoms with Crippen molar-refractivity contribution in [3.05, 3.63) is 0 Å². The highest BCUT2D eigenvalue weighted by Crippen LogP contribution is 2.32. The van der Waals surface area contributed by atoms with Crippen LogP contribution >= 0.6 is 0 Å². The topological polar surface area (TPSA) is 41.3 Å². The van der Waals surface area contributed by atoms with E-state index in [-0.39, 0.29) is 5.54 Å². The number of nitrogens with zero attached hydrogens (tertiary/aromatic N) is 1. The van der Waals surface area contributed by atoms with Gasteiger partial charge in [0, 0.05) is 11.6 Å². The van der Waals surface area contributed by atoms with Crippen molar-refractivity contribution in [2.75, 3.05) is 13.1 Å². The van der Waals surface area contributed by atoms with E-state index < -0.39 is 0 Å². The number of hydrazine groups is 1. The lowest BCUT2D eigenvalue weighted by Gasteiger charge is -2.46. The lowest BCUT2D eigenvalue weighted by atomic mass is 9.79. The molecular weight excluding hydrogens is 222 g/mol. The first kappa shape index (κ1) is 15.9. The Morgan fingerprint density at radius 2 is 1.61 bits per heavy atom. The second kappa shape index (κ2) is 7.46. The average molecular weight is 255 g/mol. The minimum atomic E-state index is 0.132. The van der Waals surface area contributed by atoms with E-state index in [1.165, 1.54) is 38.5 Å². The highest BCUT2D eigenvalue weighted by atomic mass is 15.3. The fourth-order valence-electron chi connectivity index (χ4n) is 3.80. The monoisotopic (exact) mass is 255 g/mol. The molecule has 1 rings (SSSR count). The van der Waals surface area contributed by atoms with E-state index in [0.29, 0.717) is 6.04 Å². The molecule has 1 atom stereocenters. The van der Waals surface area contributed by atoms with E-state index in [2.05, 4.69) is 38.0 Å². The fraction of sp³-hybridized carbons (Fsp3) is 1.00. The molecule has 0 amide bonds. The highest BCUT2D eigenvalue weighted by molar-refractivity contribution is 4.96. The molecule has 0 heterocycles. The second-order valence-electron chi connectivity index (χ2n) is 6.22. The molecule has 1 aliphatic carbocycles. The van der Waals surface area contributed by atoms with Crippen molar-refractivity contribution < 1.29 is 0 Å². The normalized spacial score (nSPS) is 21.0. The zero-order chi connectivity index (χ0) is 13.6. The molecular formula is C15H33N3. The van der Waals surface area contributed by atoms with E-state index in [0.717, 1.165) is 19.0 Å². The molecule has 1 saturated carbocycles. The summed E-state index contributed by atoms with van der Waals surface area (Å²) in [5, 5.41) is 0. The Morgan fingerprint density at radius 3 is 2.00 bits per heavy atom. The van der Waals surface area contributed by atoms with E-state index in [9.17, 15) is 0 Å². The summed E-state index contributed by atoms with van der Waals surface area (Å²) in [5.41, 5.74) is 3.28. The number of rotatable bonds is 6.